The first-order valence-electron chi connectivity index (χ1n) is 10.4. The van der Waals surface area contributed by atoms with Crippen LogP contribution >= 0.6 is 35.6 Å². The van der Waals surface area contributed by atoms with Crippen molar-refractivity contribution < 1.29 is 14.3 Å². The molecule has 0 radical (unpaired) electrons. The Labute approximate surface area is 208 Å². The molecule has 0 aliphatic carbocycles. The smallest absolute Gasteiger partial charge is 0.270 e. The molecule has 4 rings (SSSR count). The molecule has 1 saturated heterocycles. The summed E-state index contributed by atoms with van der Waals surface area (Å²) in [6, 6.07) is 21.0. The number of thiocarbonyl (C=S) groups is 1. The van der Waals surface area contributed by atoms with Gasteiger partial charge in [-0.1, -0.05) is 72.8 Å². The summed E-state index contributed by atoms with van der Waals surface area (Å²) in [5.74, 6) is 1.08. The third-order valence-electron chi connectivity index (χ3n) is 5.19. The molecule has 0 unspecified atom stereocenters. The Morgan fingerprint density at radius 3 is 2.36 bits per heavy atom. The molecule has 33 heavy (non-hydrogen) atoms. The van der Waals surface area contributed by atoms with E-state index in [1.165, 1.54) is 17.3 Å². The zero-order valence-electron chi connectivity index (χ0n) is 18.2. The standard InChI is InChI=1S/C26H22ClNO3S2/c1-3-17-6-11-21(12-7-17)28-25(29)24(33-26(28)32)15-19-8-13-22(23(14-19)30-2)31-16-18-4-9-20(27)10-5-18/h4-15H,3,16H2,1-2H3/b24-15-. The number of carbonyl (C=O) groups is 1. The normalized spacial score (nSPS) is 14.8. The molecule has 3 aromatic carbocycles. The van der Waals surface area contributed by atoms with Crippen LogP contribution in [0.4, 0.5) is 5.69 Å². The van der Waals surface area contributed by atoms with Crippen molar-refractivity contribution in [3.8, 4) is 11.5 Å². The number of hydrogen-bond acceptors (Lipinski definition) is 5. The molecule has 1 amide bonds. The second-order valence-corrected chi connectivity index (χ2v) is 9.47. The number of halogens is 1. The molecule has 0 N–H and O–H groups in total. The summed E-state index contributed by atoms with van der Waals surface area (Å²) < 4.78 is 12.0. The maximum atomic E-state index is 13.1. The van der Waals surface area contributed by atoms with Gasteiger partial charge in [0.25, 0.3) is 5.91 Å². The minimum atomic E-state index is -0.128. The molecule has 0 saturated carbocycles. The van der Waals surface area contributed by atoms with Gasteiger partial charge >= 0.3 is 0 Å². The summed E-state index contributed by atoms with van der Waals surface area (Å²) in [6.45, 7) is 2.49. The van der Waals surface area contributed by atoms with Crippen molar-refractivity contribution in [3.05, 3.63) is 93.3 Å². The van der Waals surface area contributed by atoms with E-state index in [1.54, 1.807) is 12.0 Å². The van der Waals surface area contributed by atoms with E-state index >= 15 is 0 Å². The lowest BCUT2D eigenvalue weighted by molar-refractivity contribution is -0.113. The Kier molecular flexibility index (Phi) is 7.38. The van der Waals surface area contributed by atoms with Gasteiger partial charge in [0.2, 0.25) is 0 Å². The van der Waals surface area contributed by atoms with Crippen LogP contribution < -0.4 is 14.4 Å². The minimum Gasteiger partial charge on any atom is -0.493 e. The van der Waals surface area contributed by atoms with Crippen molar-refractivity contribution in [3.63, 3.8) is 0 Å². The summed E-state index contributed by atoms with van der Waals surface area (Å²) in [6.07, 6.45) is 2.77. The van der Waals surface area contributed by atoms with E-state index in [2.05, 4.69) is 6.92 Å². The van der Waals surface area contributed by atoms with Crippen molar-refractivity contribution in [2.45, 2.75) is 20.0 Å². The summed E-state index contributed by atoms with van der Waals surface area (Å²) >= 11 is 12.7. The van der Waals surface area contributed by atoms with Gasteiger partial charge in [0.15, 0.2) is 15.8 Å². The highest BCUT2D eigenvalue weighted by atomic mass is 35.5. The number of hydrogen-bond donors (Lipinski definition) is 0. The van der Waals surface area contributed by atoms with Crippen LogP contribution in [0.1, 0.15) is 23.6 Å². The molecule has 3 aromatic rings. The Bertz CT molecular complexity index is 1210. The van der Waals surface area contributed by atoms with E-state index in [0.717, 1.165) is 23.2 Å². The van der Waals surface area contributed by atoms with Crippen molar-refractivity contribution in [1.82, 2.24) is 0 Å². The maximum Gasteiger partial charge on any atom is 0.270 e. The van der Waals surface area contributed by atoms with Crippen LogP contribution in [0.3, 0.4) is 0 Å². The highest BCUT2D eigenvalue weighted by molar-refractivity contribution is 8.27. The predicted molar refractivity (Wildman–Crippen MR) is 140 cm³/mol. The van der Waals surface area contributed by atoms with Crippen LogP contribution in [-0.2, 0) is 17.8 Å². The van der Waals surface area contributed by atoms with Crippen LogP contribution in [0.15, 0.2) is 71.6 Å². The molecule has 0 aromatic heterocycles. The summed E-state index contributed by atoms with van der Waals surface area (Å²) in [5, 5.41) is 0.684. The number of methoxy groups -OCH3 is 1. The van der Waals surface area contributed by atoms with Gasteiger partial charge in [-0.15, -0.1) is 0 Å². The summed E-state index contributed by atoms with van der Waals surface area (Å²) in [7, 11) is 1.59. The van der Waals surface area contributed by atoms with Crippen LogP contribution in [0.25, 0.3) is 6.08 Å². The SMILES string of the molecule is CCc1ccc(N2C(=O)/C(=C/c3ccc(OCc4ccc(Cl)cc4)c(OC)c3)SC2=S)cc1. The fraction of sp³-hybridized carbons (Fsp3) is 0.154. The molecule has 1 fully saturated rings. The largest absolute Gasteiger partial charge is 0.493 e. The molecular formula is C26H22ClNO3S2. The van der Waals surface area contributed by atoms with E-state index in [0.29, 0.717) is 32.4 Å². The van der Waals surface area contributed by atoms with E-state index in [4.69, 9.17) is 33.3 Å². The summed E-state index contributed by atoms with van der Waals surface area (Å²) in [4.78, 5) is 15.2. The molecule has 1 aliphatic rings. The van der Waals surface area contributed by atoms with Crippen LogP contribution in [0, 0.1) is 0 Å². The number of benzene rings is 3. The van der Waals surface area contributed by atoms with Crippen molar-refractivity contribution >= 4 is 57.6 Å². The fourth-order valence-electron chi connectivity index (χ4n) is 3.36. The number of thioether (sulfide) groups is 1. The van der Waals surface area contributed by atoms with E-state index in [1.807, 2.05) is 72.8 Å². The molecule has 4 nitrogen and oxygen atoms in total. The number of rotatable bonds is 7. The van der Waals surface area contributed by atoms with E-state index in [-0.39, 0.29) is 5.91 Å². The average Bonchev–Trinajstić information content (AvgIpc) is 3.11. The van der Waals surface area contributed by atoms with Gasteiger partial charge < -0.3 is 9.47 Å². The second-order valence-electron chi connectivity index (χ2n) is 7.36. The van der Waals surface area contributed by atoms with E-state index < -0.39 is 0 Å². The first-order valence-corrected chi connectivity index (χ1v) is 12.0. The zero-order valence-corrected chi connectivity index (χ0v) is 20.6. The number of aryl methyl sites for hydroxylation is 1. The number of nitrogens with zero attached hydrogens (tertiary/aromatic N) is 1. The van der Waals surface area contributed by atoms with Crippen LogP contribution in [0.2, 0.25) is 5.02 Å². The Balaban J connectivity index is 1.51. The molecule has 1 heterocycles. The van der Waals surface area contributed by atoms with Gasteiger partial charge in [0, 0.05) is 5.02 Å². The van der Waals surface area contributed by atoms with Gasteiger partial charge in [-0.3, -0.25) is 9.69 Å². The lowest BCUT2D eigenvalue weighted by atomic mass is 10.1. The minimum absolute atomic E-state index is 0.128. The average molecular weight is 496 g/mol. The number of anilines is 1. The van der Waals surface area contributed by atoms with Crippen molar-refractivity contribution in [1.29, 1.82) is 0 Å². The monoisotopic (exact) mass is 495 g/mol. The molecule has 0 atom stereocenters. The van der Waals surface area contributed by atoms with Crippen molar-refractivity contribution in [2.24, 2.45) is 0 Å². The van der Waals surface area contributed by atoms with Gasteiger partial charge in [0.1, 0.15) is 6.61 Å². The molecule has 7 heteroatoms. The number of carbonyl (C=O) groups excluding carboxylic acids is 1. The lowest BCUT2D eigenvalue weighted by Gasteiger charge is -2.14. The zero-order chi connectivity index (χ0) is 23.4. The van der Waals surface area contributed by atoms with Gasteiger partial charge in [-0.2, -0.15) is 0 Å². The summed E-state index contributed by atoms with van der Waals surface area (Å²) in [5.41, 5.74) is 3.82. The maximum absolute atomic E-state index is 13.1. The predicted octanol–water partition coefficient (Wildman–Crippen LogP) is 6.90. The molecule has 0 spiro atoms. The van der Waals surface area contributed by atoms with Crippen LogP contribution in [-0.4, -0.2) is 17.3 Å². The topological polar surface area (TPSA) is 38.8 Å². The Morgan fingerprint density at radius 1 is 1.00 bits per heavy atom. The first-order chi connectivity index (χ1) is 16.0. The number of amides is 1. The first kappa shape index (κ1) is 23.4. The molecule has 0 bridgehead atoms. The second kappa shape index (κ2) is 10.4. The molecular weight excluding hydrogens is 474 g/mol. The highest BCUT2D eigenvalue weighted by Crippen LogP contribution is 2.37. The third-order valence-corrected chi connectivity index (χ3v) is 6.74. The lowest BCUT2D eigenvalue weighted by Crippen LogP contribution is -2.27. The Morgan fingerprint density at radius 2 is 1.70 bits per heavy atom. The van der Waals surface area contributed by atoms with Crippen LogP contribution in [0.5, 0.6) is 11.5 Å². The molecule has 168 valence electrons. The quantitative estimate of drug-likeness (QED) is 0.263. The fourth-order valence-corrected chi connectivity index (χ4v) is 4.78. The third kappa shape index (κ3) is 5.41. The highest BCUT2D eigenvalue weighted by Gasteiger charge is 2.33. The van der Waals surface area contributed by atoms with Gasteiger partial charge in [-0.25, -0.2) is 0 Å². The van der Waals surface area contributed by atoms with Crippen molar-refractivity contribution in [2.75, 3.05) is 12.0 Å². The molecule has 1 aliphatic heterocycles. The Hall–Kier alpha value is -2.80. The van der Waals surface area contributed by atoms with Gasteiger partial charge in [0.05, 0.1) is 17.7 Å². The van der Waals surface area contributed by atoms with Gasteiger partial charge in [-0.05, 0) is 65.6 Å². The van der Waals surface area contributed by atoms with E-state index in [9.17, 15) is 4.79 Å². The number of ether oxygens (including phenoxy) is 2.